The fourth-order valence-electron chi connectivity index (χ4n) is 5.74. The minimum absolute atomic E-state index is 0.00547. The minimum atomic E-state index is 0.00547. The Morgan fingerprint density at radius 2 is 0.578 bits per heavy atom. The molecule has 0 radical (unpaired) electrons. The molecule has 45 heavy (non-hydrogen) atoms. The molecule has 0 unspecified atom stereocenters. The normalized spacial score (nSPS) is 19.7. The molecule has 3 aliphatic rings. The SMILES string of the molecule is CC1(C)CSC(c2ccc(-c3cc(-c4ccc(C5=NC(C)(C)CS5)cc4)cc(-c4ccc(C5=NC(C)(C)CS5)cc4)c3)cc2)=N1. The summed E-state index contributed by atoms with van der Waals surface area (Å²) < 4.78 is 0. The van der Waals surface area contributed by atoms with Gasteiger partial charge in [0.15, 0.2) is 0 Å². The van der Waals surface area contributed by atoms with E-state index in [9.17, 15) is 0 Å². The van der Waals surface area contributed by atoms with Gasteiger partial charge in [0.2, 0.25) is 0 Å². The average Bonchev–Trinajstić information content (AvgIpc) is 3.71. The fourth-order valence-corrected chi connectivity index (χ4v) is 9.25. The standard InChI is InChI=1S/C39H39N3S3/c1-37(2)22-43-34(40-37)28-13-7-25(8-14-28)31-19-32(26-9-15-29(16-10-26)35-41-38(3,4)23-44-35)21-33(20-31)27-11-17-30(18-12-27)36-42-39(5,6)24-45-36/h7-21H,22-24H2,1-6H3. The summed E-state index contributed by atoms with van der Waals surface area (Å²) in [6, 6.07) is 33.8. The van der Waals surface area contributed by atoms with E-state index in [-0.39, 0.29) is 16.6 Å². The number of benzene rings is 4. The fraction of sp³-hybridized carbons (Fsp3) is 0.308. The molecule has 0 amide bonds. The van der Waals surface area contributed by atoms with Crippen molar-refractivity contribution in [2.75, 3.05) is 17.3 Å². The molecule has 6 heteroatoms. The highest BCUT2D eigenvalue weighted by atomic mass is 32.2. The number of nitrogens with zero attached hydrogens (tertiary/aromatic N) is 3. The average molecular weight is 646 g/mol. The molecule has 0 saturated carbocycles. The van der Waals surface area contributed by atoms with Crippen LogP contribution in [0.4, 0.5) is 0 Å². The number of hydrogen-bond donors (Lipinski definition) is 0. The Hall–Kier alpha value is -3.06. The van der Waals surface area contributed by atoms with Crippen molar-refractivity contribution < 1.29 is 0 Å². The first kappa shape index (κ1) is 30.6. The molecule has 0 saturated heterocycles. The van der Waals surface area contributed by atoms with E-state index in [1.54, 1.807) is 0 Å². The molecule has 0 atom stereocenters. The second-order valence-electron chi connectivity index (χ2n) is 14.1. The van der Waals surface area contributed by atoms with Crippen LogP contribution in [-0.4, -0.2) is 49.0 Å². The first-order valence-electron chi connectivity index (χ1n) is 15.6. The zero-order chi connectivity index (χ0) is 31.4. The van der Waals surface area contributed by atoms with Crippen LogP contribution in [0.25, 0.3) is 33.4 Å². The zero-order valence-corrected chi connectivity index (χ0v) is 29.3. The summed E-state index contributed by atoms with van der Waals surface area (Å²) in [6.07, 6.45) is 0. The summed E-state index contributed by atoms with van der Waals surface area (Å²) >= 11 is 5.56. The molecule has 3 nitrogen and oxygen atoms in total. The van der Waals surface area contributed by atoms with E-state index in [1.807, 2.05) is 35.3 Å². The summed E-state index contributed by atoms with van der Waals surface area (Å²) in [6.45, 7) is 13.2. The van der Waals surface area contributed by atoms with E-state index in [0.29, 0.717) is 0 Å². The molecule has 4 aromatic rings. The van der Waals surface area contributed by atoms with E-state index >= 15 is 0 Å². The van der Waals surface area contributed by atoms with E-state index in [0.717, 1.165) is 32.4 Å². The predicted octanol–water partition coefficient (Wildman–Crippen LogP) is 10.5. The van der Waals surface area contributed by atoms with Gasteiger partial charge >= 0.3 is 0 Å². The quantitative estimate of drug-likeness (QED) is 0.209. The van der Waals surface area contributed by atoms with Gasteiger partial charge in [0.25, 0.3) is 0 Å². The predicted molar refractivity (Wildman–Crippen MR) is 202 cm³/mol. The van der Waals surface area contributed by atoms with Gasteiger partial charge in [-0.1, -0.05) is 72.8 Å². The van der Waals surface area contributed by atoms with Crippen molar-refractivity contribution in [1.29, 1.82) is 0 Å². The maximum Gasteiger partial charge on any atom is 0.0984 e. The summed E-state index contributed by atoms with van der Waals surface area (Å²) in [4.78, 5) is 14.8. The van der Waals surface area contributed by atoms with Crippen molar-refractivity contribution in [3.63, 3.8) is 0 Å². The summed E-state index contributed by atoms with van der Waals surface area (Å²) in [5.74, 6) is 3.09. The molecule has 0 fully saturated rings. The summed E-state index contributed by atoms with van der Waals surface area (Å²) in [5, 5.41) is 3.43. The van der Waals surface area contributed by atoms with Crippen LogP contribution in [0.15, 0.2) is 106 Å². The van der Waals surface area contributed by atoms with Gasteiger partial charge in [0.1, 0.15) is 0 Å². The van der Waals surface area contributed by atoms with Gasteiger partial charge in [-0.2, -0.15) is 0 Å². The second-order valence-corrected chi connectivity index (χ2v) is 17.0. The van der Waals surface area contributed by atoms with Crippen LogP contribution in [0.2, 0.25) is 0 Å². The first-order valence-corrected chi connectivity index (χ1v) is 18.5. The molecule has 3 heterocycles. The highest BCUT2D eigenvalue weighted by Crippen LogP contribution is 2.37. The van der Waals surface area contributed by atoms with Crippen molar-refractivity contribution in [2.24, 2.45) is 15.0 Å². The smallest absolute Gasteiger partial charge is 0.0984 e. The largest absolute Gasteiger partial charge is 0.271 e. The second kappa shape index (κ2) is 11.6. The molecule has 0 spiro atoms. The molecule has 4 aromatic carbocycles. The zero-order valence-electron chi connectivity index (χ0n) is 26.8. The molecule has 228 valence electrons. The number of rotatable bonds is 6. The van der Waals surface area contributed by atoms with E-state index in [2.05, 4.69) is 133 Å². The molecule has 3 aliphatic heterocycles. The third-order valence-corrected chi connectivity index (χ3v) is 12.6. The maximum absolute atomic E-state index is 4.95. The summed E-state index contributed by atoms with van der Waals surface area (Å²) in [5.41, 5.74) is 10.8. The van der Waals surface area contributed by atoms with Gasteiger partial charge in [-0.3, -0.25) is 15.0 Å². The van der Waals surface area contributed by atoms with Gasteiger partial charge < -0.3 is 0 Å². The van der Waals surface area contributed by atoms with Crippen molar-refractivity contribution in [2.45, 2.75) is 58.2 Å². The van der Waals surface area contributed by atoms with Crippen LogP contribution in [0.3, 0.4) is 0 Å². The van der Waals surface area contributed by atoms with Crippen LogP contribution in [0.1, 0.15) is 58.2 Å². The van der Waals surface area contributed by atoms with E-state index in [4.69, 9.17) is 15.0 Å². The minimum Gasteiger partial charge on any atom is -0.271 e. The van der Waals surface area contributed by atoms with Gasteiger partial charge in [0.05, 0.1) is 31.7 Å². The molecular formula is C39H39N3S3. The molecule has 7 rings (SSSR count). The topological polar surface area (TPSA) is 37.1 Å². The van der Waals surface area contributed by atoms with Crippen LogP contribution in [-0.2, 0) is 0 Å². The van der Waals surface area contributed by atoms with Crippen LogP contribution < -0.4 is 0 Å². The Labute approximate surface area is 280 Å². The lowest BCUT2D eigenvalue weighted by molar-refractivity contribution is 0.605. The summed E-state index contributed by atoms with van der Waals surface area (Å²) in [7, 11) is 0. The Kier molecular flexibility index (Phi) is 7.90. The Morgan fingerprint density at radius 3 is 0.778 bits per heavy atom. The third kappa shape index (κ3) is 6.74. The van der Waals surface area contributed by atoms with Crippen LogP contribution in [0.5, 0.6) is 0 Å². The molecule has 0 bridgehead atoms. The van der Waals surface area contributed by atoms with Crippen molar-refractivity contribution in [3.05, 3.63) is 108 Å². The van der Waals surface area contributed by atoms with E-state index < -0.39 is 0 Å². The highest BCUT2D eigenvalue weighted by Gasteiger charge is 2.28. The molecule has 0 aromatic heterocycles. The van der Waals surface area contributed by atoms with Gasteiger partial charge in [-0.25, -0.2) is 0 Å². The maximum atomic E-state index is 4.95. The van der Waals surface area contributed by atoms with Crippen LogP contribution >= 0.6 is 35.3 Å². The lowest BCUT2D eigenvalue weighted by Gasteiger charge is -2.13. The molecular weight excluding hydrogens is 607 g/mol. The third-order valence-electron chi connectivity index (χ3n) is 8.23. The lowest BCUT2D eigenvalue weighted by atomic mass is 9.92. The monoisotopic (exact) mass is 645 g/mol. The first-order chi connectivity index (χ1) is 21.4. The van der Waals surface area contributed by atoms with Crippen molar-refractivity contribution >= 4 is 50.4 Å². The van der Waals surface area contributed by atoms with E-state index in [1.165, 1.54) is 50.1 Å². The van der Waals surface area contributed by atoms with Crippen LogP contribution in [0, 0.1) is 0 Å². The Morgan fingerprint density at radius 1 is 0.356 bits per heavy atom. The van der Waals surface area contributed by atoms with Gasteiger partial charge in [-0.15, -0.1) is 35.3 Å². The molecule has 0 aliphatic carbocycles. The van der Waals surface area contributed by atoms with Gasteiger partial charge in [-0.05, 0) is 93.1 Å². The van der Waals surface area contributed by atoms with Gasteiger partial charge in [0, 0.05) is 33.9 Å². The highest BCUT2D eigenvalue weighted by molar-refractivity contribution is 8.15. The number of hydrogen-bond acceptors (Lipinski definition) is 6. The lowest BCUT2D eigenvalue weighted by Crippen LogP contribution is -2.15. The number of aliphatic imine (C=N–C) groups is 3. The Balaban J connectivity index is 1.25. The number of thioether (sulfide) groups is 3. The molecule has 0 N–H and O–H groups in total. The van der Waals surface area contributed by atoms with Crippen molar-refractivity contribution in [1.82, 2.24) is 0 Å². The van der Waals surface area contributed by atoms with Crippen molar-refractivity contribution in [3.8, 4) is 33.4 Å². The Bertz CT molecular complexity index is 1620.